The number of nitrogens with one attached hydrogen (secondary N) is 2. The van der Waals surface area contributed by atoms with E-state index in [-0.39, 0.29) is 17.7 Å². The molecule has 0 bridgehead atoms. The fourth-order valence-corrected chi connectivity index (χ4v) is 4.57. The van der Waals surface area contributed by atoms with E-state index in [4.69, 9.17) is 16.6 Å². The van der Waals surface area contributed by atoms with Gasteiger partial charge in [0.05, 0.1) is 27.7 Å². The Labute approximate surface area is 196 Å². The van der Waals surface area contributed by atoms with Gasteiger partial charge in [-0.3, -0.25) is 4.79 Å². The van der Waals surface area contributed by atoms with Crippen LogP contribution in [0.1, 0.15) is 42.6 Å². The predicted molar refractivity (Wildman–Crippen MR) is 130 cm³/mol. The molecule has 1 aromatic carbocycles. The second-order valence-electron chi connectivity index (χ2n) is 8.81. The number of hydrogen-bond acceptors (Lipinski definition) is 5. The molecular weight excluding hydrogens is 438 g/mol. The molecule has 0 amide bonds. The van der Waals surface area contributed by atoms with E-state index in [9.17, 15) is 9.90 Å². The Morgan fingerprint density at radius 1 is 1.21 bits per heavy atom. The van der Waals surface area contributed by atoms with Crippen molar-refractivity contribution in [3.63, 3.8) is 0 Å². The molecule has 1 saturated carbocycles. The molecule has 3 N–H and O–H groups in total. The highest BCUT2D eigenvalue weighted by atomic mass is 35.5. The van der Waals surface area contributed by atoms with Gasteiger partial charge in [-0.05, 0) is 68.0 Å². The molecule has 1 fully saturated rings. The smallest absolute Gasteiger partial charge is 0.258 e. The lowest BCUT2D eigenvalue weighted by Crippen LogP contribution is -2.28. The van der Waals surface area contributed by atoms with Gasteiger partial charge in [0, 0.05) is 31.1 Å². The monoisotopic (exact) mass is 463 g/mol. The number of pyridine rings is 1. The van der Waals surface area contributed by atoms with Crippen molar-refractivity contribution in [3.8, 4) is 5.82 Å². The van der Waals surface area contributed by atoms with Gasteiger partial charge in [0.1, 0.15) is 11.6 Å². The maximum Gasteiger partial charge on any atom is 0.258 e. The molecule has 0 saturated heterocycles. The van der Waals surface area contributed by atoms with Crippen LogP contribution < -0.4 is 10.9 Å². The minimum absolute atomic E-state index is 0.211. The number of halogens is 1. The van der Waals surface area contributed by atoms with E-state index < -0.39 is 0 Å². The van der Waals surface area contributed by atoms with E-state index in [1.807, 2.05) is 48.1 Å². The molecule has 3 heterocycles. The highest BCUT2D eigenvalue weighted by Crippen LogP contribution is 2.29. The summed E-state index contributed by atoms with van der Waals surface area (Å²) in [6, 6.07) is 9.75. The standard InChI is InChI=1S/C25H26ClN5O2/c1-15-8-9-31(14-15)24-7-2-16(13-27-24)10-23-29-21-12-22(20(26)11-19(21)25(33)30-23)28-17-3-5-18(32)6-4-17/h2,7-9,11-14,17-18,28,32H,3-6,10H2,1H3,(H,29,30,33). The van der Waals surface area contributed by atoms with Crippen LogP contribution in [-0.4, -0.2) is 36.8 Å². The Hall–Kier alpha value is -3.16. The number of aromatic amines is 1. The summed E-state index contributed by atoms with van der Waals surface area (Å²) in [5, 5.41) is 14.2. The minimum Gasteiger partial charge on any atom is -0.393 e. The van der Waals surface area contributed by atoms with Crippen molar-refractivity contribution in [1.82, 2.24) is 19.5 Å². The lowest BCUT2D eigenvalue weighted by molar-refractivity contribution is 0.126. The van der Waals surface area contributed by atoms with Crippen LogP contribution in [0.4, 0.5) is 5.69 Å². The van der Waals surface area contributed by atoms with Gasteiger partial charge in [-0.1, -0.05) is 17.7 Å². The summed E-state index contributed by atoms with van der Waals surface area (Å²) < 4.78 is 1.97. The zero-order valence-electron chi connectivity index (χ0n) is 18.4. The van der Waals surface area contributed by atoms with Crippen LogP contribution in [0.15, 0.2) is 53.7 Å². The molecule has 0 aliphatic heterocycles. The number of anilines is 1. The lowest BCUT2D eigenvalue weighted by atomic mass is 9.93. The number of aromatic nitrogens is 4. The summed E-state index contributed by atoms with van der Waals surface area (Å²) in [7, 11) is 0. The molecule has 7 nitrogen and oxygen atoms in total. The summed E-state index contributed by atoms with van der Waals surface area (Å²) in [5.74, 6) is 1.42. The van der Waals surface area contributed by atoms with E-state index in [0.29, 0.717) is 28.2 Å². The van der Waals surface area contributed by atoms with Gasteiger partial charge >= 0.3 is 0 Å². The van der Waals surface area contributed by atoms with Gasteiger partial charge in [0.15, 0.2) is 0 Å². The van der Waals surface area contributed by atoms with Gasteiger partial charge in [-0.25, -0.2) is 9.97 Å². The van der Waals surface area contributed by atoms with Crippen molar-refractivity contribution in [2.75, 3.05) is 5.32 Å². The van der Waals surface area contributed by atoms with Crippen molar-refractivity contribution in [1.29, 1.82) is 0 Å². The van der Waals surface area contributed by atoms with Gasteiger partial charge in [-0.2, -0.15) is 0 Å². The molecule has 0 radical (unpaired) electrons. The molecule has 0 unspecified atom stereocenters. The molecule has 3 aromatic heterocycles. The van der Waals surface area contributed by atoms with Crippen molar-refractivity contribution >= 4 is 28.2 Å². The Kier molecular flexibility index (Phi) is 5.91. The Morgan fingerprint density at radius 2 is 2.03 bits per heavy atom. The maximum absolute atomic E-state index is 12.7. The molecule has 1 aliphatic carbocycles. The lowest BCUT2D eigenvalue weighted by Gasteiger charge is -2.27. The average Bonchev–Trinajstić information content (AvgIpc) is 3.23. The molecule has 1 aliphatic rings. The Bertz CT molecular complexity index is 1340. The molecule has 170 valence electrons. The third-order valence-electron chi connectivity index (χ3n) is 6.19. The number of H-pyrrole nitrogens is 1. The number of fused-ring (bicyclic) bond motifs is 1. The number of nitrogens with zero attached hydrogens (tertiary/aromatic N) is 3. The molecule has 8 heteroatoms. The second-order valence-corrected chi connectivity index (χ2v) is 9.22. The number of aryl methyl sites for hydroxylation is 1. The number of rotatable bonds is 5. The number of aliphatic hydroxyl groups is 1. The van der Waals surface area contributed by atoms with Gasteiger partial charge in [-0.15, -0.1) is 0 Å². The van der Waals surface area contributed by atoms with Gasteiger partial charge in [0.2, 0.25) is 0 Å². The second kappa shape index (κ2) is 9.00. The molecular formula is C25H26ClN5O2. The maximum atomic E-state index is 12.7. The van der Waals surface area contributed by atoms with Crippen LogP contribution in [0.3, 0.4) is 0 Å². The van der Waals surface area contributed by atoms with Crippen molar-refractivity contribution in [2.45, 2.75) is 51.2 Å². The van der Waals surface area contributed by atoms with Crippen LogP contribution in [0.25, 0.3) is 16.7 Å². The summed E-state index contributed by atoms with van der Waals surface area (Å²) in [5.41, 5.74) is 3.29. The predicted octanol–water partition coefficient (Wildman–Crippen LogP) is 4.38. The largest absolute Gasteiger partial charge is 0.393 e. The first-order valence-electron chi connectivity index (χ1n) is 11.2. The average molecular weight is 464 g/mol. The molecule has 5 rings (SSSR count). The van der Waals surface area contributed by atoms with E-state index in [1.165, 1.54) is 5.56 Å². The zero-order chi connectivity index (χ0) is 22.9. The minimum atomic E-state index is -0.214. The van der Waals surface area contributed by atoms with E-state index in [1.54, 1.807) is 12.3 Å². The molecule has 33 heavy (non-hydrogen) atoms. The quantitative estimate of drug-likeness (QED) is 0.408. The fourth-order valence-electron chi connectivity index (χ4n) is 4.36. The van der Waals surface area contributed by atoms with Crippen LogP contribution in [-0.2, 0) is 6.42 Å². The third kappa shape index (κ3) is 4.79. The summed E-state index contributed by atoms with van der Waals surface area (Å²) in [6.07, 6.45) is 9.39. The Morgan fingerprint density at radius 3 is 2.73 bits per heavy atom. The SMILES string of the molecule is Cc1ccn(-c2ccc(Cc3nc4cc(NC5CCC(O)CC5)c(Cl)cc4c(=O)[nH]3)cn2)c1. The van der Waals surface area contributed by atoms with Gasteiger partial charge in [0.25, 0.3) is 5.56 Å². The number of hydrogen-bond donors (Lipinski definition) is 3. The Balaban J connectivity index is 1.38. The van der Waals surface area contributed by atoms with Crippen molar-refractivity contribution in [3.05, 3.63) is 81.3 Å². The highest BCUT2D eigenvalue weighted by molar-refractivity contribution is 6.34. The number of benzene rings is 1. The first-order valence-corrected chi connectivity index (χ1v) is 11.6. The normalized spacial score (nSPS) is 18.5. The first kappa shape index (κ1) is 21.7. The van der Waals surface area contributed by atoms with E-state index in [2.05, 4.69) is 15.3 Å². The van der Waals surface area contributed by atoms with Crippen LogP contribution in [0.2, 0.25) is 5.02 Å². The van der Waals surface area contributed by atoms with E-state index >= 15 is 0 Å². The fraction of sp³-hybridized carbons (Fsp3) is 0.320. The van der Waals surface area contributed by atoms with Crippen molar-refractivity contribution < 1.29 is 5.11 Å². The first-order chi connectivity index (χ1) is 15.9. The topological polar surface area (TPSA) is 95.8 Å². The number of aliphatic hydroxyl groups excluding tert-OH is 1. The van der Waals surface area contributed by atoms with Gasteiger partial charge < -0.3 is 20.0 Å². The third-order valence-corrected chi connectivity index (χ3v) is 6.50. The summed E-state index contributed by atoms with van der Waals surface area (Å²) >= 11 is 6.46. The highest BCUT2D eigenvalue weighted by Gasteiger charge is 2.20. The van der Waals surface area contributed by atoms with Crippen LogP contribution in [0.5, 0.6) is 0 Å². The zero-order valence-corrected chi connectivity index (χ0v) is 19.1. The molecule has 0 atom stereocenters. The van der Waals surface area contributed by atoms with Crippen LogP contribution >= 0.6 is 11.6 Å². The van der Waals surface area contributed by atoms with Crippen molar-refractivity contribution in [2.24, 2.45) is 0 Å². The molecule has 0 spiro atoms. The summed E-state index contributed by atoms with van der Waals surface area (Å²) in [4.78, 5) is 24.8. The van der Waals surface area contributed by atoms with E-state index in [0.717, 1.165) is 42.8 Å². The van der Waals surface area contributed by atoms with Crippen LogP contribution in [0, 0.1) is 6.92 Å². The molecule has 4 aromatic rings. The summed E-state index contributed by atoms with van der Waals surface area (Å²) in [6.45, 7) is 2.04.